The first-order valence-corrected chi connectivity index (χ1v) is 6.60. The van der Waals surface area contributed by atoms with Gasteiger partial charge in [-0.05, 0) is 30.7 Å². The monoisotopic (exact) mass is 267 g/mol. The van der Waals surface area contributed by atoms with Crippen LogP contribution in [0.15, 0.2) is 48.9 Å². The molecule has 1 aromatic carbocycles. The SMILES string of the molecule is Cc1ncc(CNc2ccc(Cn3cccn3)cc2)[nH]1. The number of imidazole rings is 1. The standard InChI is InChI=1S/C15H17N5/c1-12-16-9-15(19-12)10-17-14-5-3-13(4-6-14)11-20-8-2-7-18-20/h2-9,17H,10-11H2,1H3,(H,16,19). The Labute approximate surface area is 117 Å². The summed E-state index contributed by atoms with van der Waals surface area (Å²) in [5.74, 6) is 0.941. The zero-order valence-electron chi connectivity index (χ0n) is 11.4. The van der Waals surface area contributed by atoms with E-state index in [0.717, 1.165) is 30.3 Å². The van der Waals surface area contributed by atoms with Gasteiger partial charge in [0.2, 0.25) is 0 Å². The van der Waals surface area contributed by atoms with Crippen molar-refractivity contribution in [3.63, 3.8) is 0 Å². The van der Waals surface area contributed by atoms with Gasteiger partial charge in [-0.2, -0.15) is 5.10 Å². The number of nitrogens with zero attached hydrogens (tertiary/aromatic N) is 3. The summed E-state index contributed by atoms with van der Waals surface area (Å²) in [7, 11) is 0. The topological polar surface area (TPSA) is 58.5 Å². The molecule has 5 heteroatoms. The van der Waals surface area contributed by atoms with Crippen molar-refractivity contribution in [2.24, 2.45) is 0 Å². The summed E-state index contributed by atoms with van der Waals surface area (Å²) in [4.78, 5) is 7.38. The summed E-state index contributed by atoms with van der Waals surface area (Å²) in [6.45, 7) is 3.50. The molecule has 0 radical (unpaired) electrons. The minimum absolute atomic E-state index is 0.749. The van der Waals surface area contributed by atoms with Crippen LogP contribution < -0.4 is 5.32 Å². The summed E-state index contributed by atoms with van der Waals surface area (Å²) in [5, 5.41) is 7.57. The molecule has 2 aromatic heterocycles. The average molecular weight is 267 g/mol. The van der Waals surface area contributed by atoms with Gasteiger partial charge in [-0.25, -0.2) is 4.98 Å². The van der Waals surface area contributed by atoms with Gasteiger partial charge < -0.3 is 10.3 Å². The molecule has 2 heterocycles. The van der Waals surface area contributed by atoms with Crippen molar-refractivity contribution in [1.82, 2.24) is 19.7 Å². The van der Waals surface area contributed by atoms with Gasteiger partial charge in [-0.15, -0.1) is 0 Å². The molecule has 2 N–H and O–H groups in total. The van der Waals surface area contributed by atoms with Gasteiger partial charge >= 0.3 is 0 Å². The zero-order valence-corrected chi connectivity index (χ0v) is 11.4. The Morgan fingerprint density at radius 2 is 2.10 bits per heavy atom. The maximum absolute atomic E-state index is 4.20. The molecule has 0 aliphatic carbocycles. The summed E-state index contributed by atoms with van der Waals surface area (Å²) in [6, 6.07) is 10.3. The van der Waals surface area contributed by atoms with Crippen LogP contribution in [0.5, 0.6) is 0 Å². The summed E-state index contributed by atoms with van der Waals surface area (Å²) in [6.07, 6.45) is 5.61. The van der Waals surface area contributed by atoms with Crippen molar-refractivity contribution in [2.75, 3.05) is 5.32 Å². The second-order valence-electron chi connectivity index (χ2n) is 4.75. The fraction of sp³-hybridized carbons (Fsp3) is 0.200. The molecule has 0 amide bonds. The van der Waals surface area contributed by atoms with E-state index in [2.05, 4.69) is 44.6 Å². The van der Waals surface area contributed by atoms with Crippen molar-refractivity contribution in [1.29, 1.82) is 0 Å². The first kappa shape index (κ1) is 12.5. The van der Waals surface area contributed by atoms with E-state index < -0.39 is 0 Å². The van der Waals surface area contributed by atoms with Crippen LogP contribution in [-0.2, 0) is 13.1 Å². The predicted molar refractivity (Wildman–Crippen MR) is 78.4 cm³/mol. The second kappa shape index (κ2) is 5.61. The van der Waals surface area contributed by atoms with Crippen LogP contribution in [0.3, 0.4) is 0 Å². The molecule has 102 valence electrons. The summed E-state index contributed by atoms with van der Waals surface area (Å²) in [5.41, 5.74) is 3.42. The van der Waals surface area contributed by atoms with Crippen LogP contribution in [-0.4, -0.2) is 19.7 Å². The van der Waals surface area contributed by atoms with Crippen LogP contribution in [0.2, 0.25) is 0 Å². The molecule has 0 aliphatic rings. The highest BCUT2D eigenvalue weighted by atomic mass is 15.3. The molecular weight excluding hydrogens is 250 g/mol. The van der Waals surface area contributed by atoms with E-state index in [-0.39, 0.29) is 0 Å². The lowest BCUT2D eigenvalue weighted by Gasteiger charge is -2.07. The third-order valence-corrected chi connectivity index (χ3v) is 3.10. The van der Waals surface area contributed by atoms with Gasteiger partial charge in [0.05, 0.1) is 25.0 Å². The van der Waals surface area contributed by atoms with E-state index in [1.54, 1.807) is 6.20 Å². The van der Waals surface area contributed by atoms with E-state index >= 15 is 0 Å². The van der Waals surface area contributed by atoms with Gasteiger partial charge in [0.25, 0.3) is 0 Å². The third kappa shape index (κ3) is 3.06. The van der Waals surface area contributed by atoms with Crippen molar-refractivity contribution >= 4 is 5.69 Å². The molecule has 0 spiro atoms. The summed E-state index contributed by atoms with van der Waals surface area (Å²) >= 11 is 0. The van der Waals surface area contributed by atoms with Gasteiger partial charge in [0.15, 0.2) is 0 Å². The van der Waals surface area contributed by atoms with E-state index in [0.29, 0.717) is 0 Å². The third-order valence-electron chi connectivity index (χ3n) is 3.10. The van der Waals surface area contributed by atoms with Gasteiger partial charge in [-0.3, -0.25) is 4.68 Å². The smallest absolute Gasteiger partial charge is 0.103 e. The number of H-pyrrole nitrogens is 1. The fourth-order valence-corrected chi connectivity index (χ4v) is 2.07. The van der Waals surface area contributed by atoms with Gasteiger partial charge in [0.1, 0.15) is 5.82 Å². The highest BCUT2D eigenvalue weighted by molar-refractivity contribution is 5.44. The lowest BCUT2D eigenvalue weighted by Crippen LogP contribution is -2.02. The van der Waals surface area contributed by atoms with Gasteiger partial charge in [-0.1, -0.05) is 12.1 Å². The van der Waals surface area contributed by atoms with Crippen molar-refractivity contribution < 1.29 is 0 Å². The average Bonchev–Trinajstić information content (AvgIpc) is 3.10. The molecule has 0 aliphatic heterocycles. The largest absolute Gasteiger partial charge is 0.379 e. The fourth-order valence-electron chi connectivity index (χ4n) is 2.07. The quantitative estimate of drug-likeness (QED) is 0.747. The molecule has 0 saturated heterocycles. The molecule has 0 saturated carbocycles. The Morgan fingerprint density at radius 1 is 1.25 bits per heavy atom. The maximum Gasteiger partial charge on any atom is 0.103 e. The van der Waals surface area contributed by atoms with E-state index in [1.807, 2.05) is 30.1 Å². The van der Waals surface area contributed by atoms with Crippen LogP contribution in [0.4, 0.5) is 5.69 Å². The first-order chi connectivity index (χ1) is 9.79. The number of aromatic nitrogens is 4. The van der Waals surface area contributed by atoms with E-state index in [9.17, 15) is 0 Å². The highest BCUT2D eigenvalue weighted by Crippen LogP contribution is 2.11. The number of aryl methyl sites for hydroxylation is 1. The van der Waals surface area contributed by atoms with Crippen molar-refractivity contribution in [2.45, 2.75) is 20.0 Å². The van der Waals surface area contributed by atoms with E-state index in [4.69, 9.17) is 0 Å². The number of aromatic amines is 1. The molecule has 3 rings (SSSR count). The second-order valence-corrected chi connectivity index (χ2v) is 4.75. The molecule has 0 bridgehead atoms. The lowest BCUT2D eigenvalue weighted by molar-refractivity contribution is 0.687. The number of hydrogen-bond acceptors (Lipinski definition) is 3. The van der Waals surface area contributed by atoms with Crippen LogP contribution in [0.25, 0.3) is 0 Å². The number of nitrogens with one attached hydrogen (secondary N) is 2. The first-order valence-electron chi connectivity index (χ1n) is 6.60. The number of hydrogen-bond donors (Lipinski definition) is 2. The van der Waals surface area contributed by atoms with Crippen LogP contribution in [0.1, 0.15) is 17.1 Å². The minimum Gasteiger partial charge on any atom is -0.379 e. The molecule has 20 heavy (non-hydrogen) atoms. The van der Waals surface area contributed by atoms with Crippen LogP contribution in [0, 0.1) is 6.92 Å². The van der Waals surface area contributed by atoms with Crippen molar-refractivity contribution in [3.8, 4) is 0 Å². The Hall–Kier alpha value is -2.56. The Balaban J connectivity index is 1.58. The molecule has 0 fully saturated rings. The Kier molecular flexibility index (Phi) is 3.50. The van der Waals surface area contributed by atoms with Gasteiger partial charge in [0, 0.05) is 18.1 Å². The number of benzene rings is 1. The zero-order chi connectivity index (χ0) is 13.8. The predicted octanol–water partition coefficient (Wildman–Crippen LogP) is 2.58. The molecular formula is C15H17N5. The number of anilines is 1. The summed E-state index contributed by atoms with van der Waals surface area (Å²) < 4.78 is 1.91. The van der Waals surface area contributed by atoms with Crippen molar-refractivity contribution in [3.05, 3.63) is 66.0 Å². The lowest BCUT2D eigenvalue weighted by atomic mass is 10.2. The molecule has 0 unspecified atom stereocenters. The van der Waals surface area contributed by atoms with E-state index in [1.165, 1.54) is 5.56 Å². The van der Waals surface area contributed by atoms with Crippen LogP contribution >= 0.6 is 0 Å². The maximum atomic E-state index is 4.20. The molecule has 5 nitrogen and oxygen atoms in total. The Morgan fingerprint density at radius 3 is 2.75 bits per heavy atom. The number of rotatable bonds is 5. The minimum atomic E-state index is 0.749. The Bertz CT molecular complexity index is 652. The highest BCUT2D eigenvalue weighted by Gasteiger charge is 1.99. The normalized spacial score (nSPS) is 10.7. The molecule has 3 aromatic rings. The molecule has 0 atom stereocenters.